The van der Waals surface area contributed by atoms with E-state index in [1.54, 1.807) is 22.2 Å². The standard InChI is InChI=1S/C41H50N8O8/c1-22(2)32(46-40(52)54-5)38(50)48-17-7-9-30(48)36-42-19-28(44-36)25-13-11-24(12-14-25)26-15-16-27(35-34(26)56-21-57-35)29-20-43-37(45-29)31-10-8-18-49(31)39(51)33(23(3)4)47-41(53)55-6/h11-16,19-20,22-23,30-33H,7-10,17-18,21H2,1-6H3,(H,42,44)(H,43,45)(H,46,52)(H,47,53)/t30-,31-,32-,33-/m1/s1. The van der Waals surface area contributed by atoms with E-state index in [0.29, 0.717) is 36.2 Å². The van der Waals surface area contributed by atoms with E-state index in [9.17, 15) is 19.2 Å². The van der Waals surface area contributed by atoms with Crippen molar-refractivity contribution in [2.75, 3.05) is 34.1 Å². The molecule has 4 amide bonds. The molecular weight excluding hydrogens is 732 g/mol. The summed E-state index contributed by atoms with van der Waals surface area (Å²) in [6, 6.07) is 10.1. The molecule has 7 rings (SSSR count). The molecule has 0 radical (unpaired) electrons. The third-order valence-corrected chi connectivity index (χ3v) is 11.0. The maximum Gasteiger partial charge on any atom is 0.407 e. The van der Waals surface area contributed by atoms with E-state index in [2.05, 4.69) is 25.6 Å². The summed E-state index contributed by atoms with van der Waals surface area (Å²) >= 11 is 0. The first-order chi connectivity index (χ1) is 27.5. The molecule has 4 N–H and O–H groups in total. The summed E-state index contributed by atoms with van der Waals surface area (Å²) in [5, 5.41) is 5.38. The van der Waals surface area contributed by atoms with Crippen LogP contribution in [-0.2, 0) is 19.1 Å². The van der Waals surface area contributed by atoms with Crippen molar-refractivity contribution in [2.24, 2.45) is 11.8 Å². The number of aromatic amines is 2. The van der Waals surface area contributed by atoms with Crippen molar-refractivity contribution in [3.63, 3.8) is 0 Å². The minimum Gasteiger partial charge on any atom is -0.453 e. The largest absolute Gasteiger partial charge is 0.453 e. The quantitative estimate of drug-likeness (QED) is 0.141. The number of nitrogens with one attached hydrogen (secondary N) is 4. The highest BCUT2D eigenvalue weighted by molar-refractivity contribution is 5.87. The van der Waals surface area contributed by atoms with Gasteiger partial charge in [-0.2, -0.15) is 0 Å². The van der Waals surface area contributed by atoms with Crippen LogP contribution in [0.2, 0.25) is 0 Å². The molecule has 4 aromatic rings. The van der Waals surface area contributed by atoms with Crippen LogP contribution in [0.3, 0.4) is 0 Å². The number of amides is 4. The van der Waals surface area contributed by atoms with Crippen LogP contribution in [-0.4, -0.2) is 99.9 Å². The van der Waals surface area contributed by atoms with Crippen LogP contribution in [0.25, 0.3) is 33.6 Å². The van der Waals surface area contributed by atoms with Crippen LogP contribution in [0.1, 0.15) is 77.1 Å². The fourth-order valence-corrected chi connectivity index (χ4v) is 7.95. The predicted octanol–water partition coefficient (Wildman–Crippen LogP) is 5.95. The second-order valence-corrected chi connectivity index (χ2v) is 15.3. The van der Waals surface area contributed by atoms with E-state index in [0.717, 1.165) is 59.3 Å². The number of likely N-dealkylation sites (tertiary alicyclic amines) is 2. The van der Waals surface area contributed by atoms with E-state index in [1.165, 1.54) is 14.2 Å². The molecular formula is C41H50N8O8. The molecule has 2 fully saturated rings. The van der Waals surface area contributed by atoms with Crippen molar-refractivity contribution in [1.82, 2.24) is 40.4 Å². The third-order valence-electron chi connectivity index (χ3n) is 11.0. The first kappa shape index (κ1) is 39.2. The molecule has 302 valence electrons. The summed E-state index contributed by atoms with van der Waals surface area (Å²) in [4.78, 5) is 71.0. The number of nitrogens with zero attached hydrogens (tertiary/aromatic N) is 4. The van der Waals surface area contributed by atoms with Crippen LogP contribution in [0.5, 0.6) is 11.5 Å². The summed E-state index contributed by atoms with van der Waals surface area (Å²) in [6.45, 7) is 8.77. The molecule has 3 aliphatic rings. The number of ether oxygens (including phenoxy) is 4. The second-order valence-electron chi connectivity index (χ2n) is 15.3. The molecule has 16 heteroatoms. The maximum atomic E-state index is 13.6. The van der Waals surface area contributed by atoms with Gasteiger partial charge in [0.25, 0.3) is 0 Å². The Balaban J connectivity index is 1.07. The van der Waals surface area contributed by atoms with E-state index < -0.39 is 24.3 Å². The van der Waals surface area contributed by atoms with Crippen LogP contribution < -0.4 is 20.1 Å². The van der Waals surface area contributed by atoms with Crippen molar-refractivity contribution in [1.29, 1.82) is 0 Å². The van der Waals surface area contributed by atoms with Gasteiger partial charge >= 0.3 is 12.2 Å². The smallest absolute Gasteiger partial charge is 0.407 e. The average molecular weight is 783 g/mol. The highest BCUT2D eigenvalue weighted by Crippen LogP contribution is 2.48. The first-order valence-corrected chi connectivity index (χ1v) is 19.4. The van der Waals surface area contributed by atoms with Crippen LogP contribution in [0.4, 0.5) is 9.59 Å². The average Bonchev–Trinajstić information content (AvgIpc) is 4.07. The molecule has 0 unspecified atom stereocenters. The van der Waals surface area contributed by atoms with Crippen molar-refractivity contribution in [2.45, 2.75) is 77.5 Å². The topological polar surface area (TPSA) is 193 Å². The number of hydrogen-bond acceptors (Lipinski definition) is 10. The number of imidazole rings is 2. The zero-order valence-electron chi connectivity index (χ0n) is 33.1. The molecule has 4 atom stereocenters. The molecule has 3 aliphatic heterocycles. The minimum absolute atomic E-state index is 0.0708. The summed E-state index contributed by atoms with van der Waals surface area (Å²) in [5.74, 6) is 2.00. The normalized spacial score (nSPS) is 18.5. The molecule has 0 bridgehead atoms. The van der Waals surface area contributed by atoms with Crippen LogP contribution in [0.15, 0.2) is 48.8 Å². The van der Waals surface area contributed by atoms with Crippen LogP contribution in [0, 0.1) is 11.8 Å². The molecule has 0 saturated carbocycles. The number of methoxy groups -OCH3 is 2. The Bertz CT molecular complexity index is 2110. The molecule has 16 nitrogen and oxygen atoms in total. The highest BCUT2D eigenvalue weighted by atomic mass is 16.7. The molecule has 2 aromatic carbocycles. The van der Waals surface area contributed by atoms with Gasteiger partial charge in [-0.15, -0.1) is 0 Å². The lowest BCUT2D eigenvalue weighted by molar-refractivity contribution is -0.136. The monoisotopic (exact) mass is 782 g/mol. The summed E-state index contributed by atoms with van der Waals surface area (Å²) in [7, 11) is 2.56. The maximum absolute atomic E-state index is 13.6. The molecule has 2 saturated heterocycles. The van der Waals surface area contributed by atoms with Crippen molar-refractivity contribution in [3.8, 4) is 45.1 Å². The molecule has 0 aliphatic carbocycles. The van der Waals surface area contributed by atoms with Gasteiger partial charge in [-0.3, -0.25) is 9.59 Å². The zero-order chi connectivity index (χ0) is 40.4. The number of fused-ring (bicyclic) bond motifs is 1. The van der Waals surface area contributed by atoms with E-state index in [1.807, 2.05) is 64.1 Å². The van der Waals surface area contributed by atoms with Gasteiger partial charge in [-0.25, -0.2) is 19.6 Å². The Morgan fingerprint density at radius 3 is 1.65 bits per heavy atom. The lowest BCUT2D eigenvalue weighted by Gasteiger charge is -2.30. The van der Waals surface area contributed by atoms with Crippen molar-refractivity contribution in [3.05, 3.63) is 60.4 Å². The van der Waals surface area contributed by atoms with Crippen molar-refractivity contribution >= 4 is 24.0 Å². The Labute approximate surface area is 331 Å². The van der Waals surface area contributed by atoms with Crippen LogP contribution >= 0.6 is 0 Å². The number of benzene rings is 2. The van der Waals surface area contributed by atoms with Gasteiger partial charge in [0.2, 0.25) is 18.6 Å². The van der Waals surface area contributed by atoms with Gasteiger partial charge < -0.3 is 49.3 Å². The van der Waals surface area contributed by atoms with E-state index in [-0.39, 0.29) is 42.5 Å². The molecule has 57 heavy (non-hydrogen) atoms. The van der Waals surface area contributed by atoms with Gasteiger partial charge in [0.15, 0.2) is 11.5 Å². The lowest BCUT2D eigenvalue weighted by Crippen LogP contribution is -2.51. The number of aromatic nitrogens is 4. The number of hydrogen-bond donors (Lipinski definition) is 4. The van der Waals surface area contributed by atoms with Gasteiger partial charge in [0.05, 0.1) is 50.1 Å². The number of alkyl carbamates (subject to hydrolysis) is 2. The van der Waals surface area contributed by atoms with Gasteiger partial charge in [0.1, 0.15) is 23.7 Å². The Kier molecular flexibility index (Phi) is 11.4. The lowest BCUT2D eigenvalue weighted by atomic mass is 9.99. The second kappa shape index (κ2) is 16.6. The fraction of sp³-hybridized carbons (Fsp3) is 0.463. The fourth-order valence-electron chi connectivity index (χ4n) is 7.95. The Morgan fingerprint density at radius 2 is 1.14 bits per heavy atom. The molecule has 0 spiro atoms. The number of rotatable bonds is 11. The Hall–Kier alpha value is -6.06. The Morgan fingerprint density at radius 1 is 0.684 bits per heavy atom. The number of carbonyl (C=O) groups is 4. The third kappa shape index (κ3) is 7.85. The van der Waals surface area contributed by atoms with E-state index in [4.69, 9.17) is 23.9 Å². The number of carbonyl (C=O) groups excluding carboxylic acids is 4. The van der Waals surface area contributed by atoms with Gasteiger partial charge in [-0.05, 0) is 60.8 Å². The summed E-state index contributed by atoms with van der Waals surface area (Å²) < 4.78 is 21.6. The predicted molar refractivity (Wildman–Crippen MR) is 209 cm³/mol. The van der Waals surface area contributed by atoms with Crippen molar-refractivity contribution < 1.29 is 38.1 Å². The highest BCUT2D eigenvalue weighted by Gasteiger charge is 2.39. The first-order valence-electron chi connectivity index (χ1n) is 19.4. The summed E-state index contributed by atoms with van der Waals surface area (Å²) in [5.41, 5.74) is 5.07. The SMILES string of the molecule is COC(=O)N[C@@H](C(=O)N1CCC[C@@H]1c1ncc(-c2ccc(-c3ccc(-c4cnc([C@H]5CCCN5C(=O)[C@H](NC(=O)OC)C(C)C)[nH]4)c4c3OCO4)cc2)[nH]1)C(C)C. The number of H-pyrrole nitrogens is 2. The molecule has 2 aromatic heterocycles. The summed E-state index contributed by atoms with van der Waals surface area (Å²) in [6.07, 6.45) is 5.39. The van der Waals surface area contributed by atoms with Gasteiger partial charge in [0, 0.05) is 24.2 Å². The minimum atomic E-state index is -0.720. The van der Waals surface area contributed by atoms with Gasteiger partial charge in [-0.1, -0.05) is 52.0 Å². The zero-order valence-corrected chi connectivity index (χ0v) is 33.1. The van der Waals surface area contributed by atoms with E-state index >= 15 is 0 Å². The molecule has 5 heterocycles.